The van der Waals surface area contributed by atoms with Gasteiger partial charge >= 0.3 is 6.03 Å². The van der Waals surface area contributed by atoms with Crippen LogP contribution in [0.3, 0.4) is 0 Å². The van der Waals surface area contributed by atoms with Gasteiger partial charge in [-0.25, -0.2) is 4.79 Å². The quantitative estimate of drug-likeness (QED) is 0.689. The van der Waals surface area contributed by atoms with Crippen molar-refractivity contribution in [1.82, 2.24) is 15.1 Å². The second-order valence-corrected chi connectivity index (χ2v) is 5.67. The number of aromatic nitrogens is 2. The fourth-order valence-electron chi connectivity index (χ4n) is 2.11. The minimum Gasteiger partial charge on any atom is -0.393 e. The van der Waals surface area contributed by atoms with Crippen molar-refractivity contribution in [2.75, 3.05) is 11.9 Å². The van der Waals surface area contributed by atoms with Gasteiger partial charge in [-0.05, 0) is 25.2 Å². The van der Waals surface area contributed by atoms with Crippen molar-refractivity contribution in [1.29, 1.82) is 0 Å². The van der Waals surface area contributed by atoms with Crippen molar-refractivity contribution in [3.8, 4) is 0 Å². The third-order valence-electron chi connectivity index (χ3n) is 3.30. The zero-order valence-corrected chi connectivity index (χ0v) is 13.5. The summed E-state index contributed by atoms with van der Waals surface area (Å²) in [6.45, 7) is 9.55. The summed E-state index contributed by atoms with van der Waals surface area (Å²) in [5, 5.41) is 19.4. The molecule has 0 bridgehead atoms. The number of carbonyl (C=O) groups is 1. The number of hydrogen-bond donors (Lipinski definition) is 3. The molecule has 6 nitrogen and oxygen atoms in total. The monoisotopic (exact) mass is 296 g/mol. The Labute approximate surface area is 126 Å². The van der Waals surface area contributed by atoms with E-state index in [0.717, 1.165) is 24.3 Å². The maximum atomic E-state index is 11.8. The Balaban J connectivity index is 2.54. The van der Waals surface area contributed by atoms with E-state index in [1.54, 1.807) is 6.20 Å². The van der Waals surface area contributed by atoms with Gasteiger partial charge in [-0.15, -0.1) is 0 Å². The van der Waals surface area contributed by atoms with E-state index < -0.39 is 0 Å². The summed E-state index contributed by atoms with van der Waals surface area (Å²) in [7, 11) is 0. The molecule has 21 heavy (non-hydrogen) atoms. The van der Waals surface area contributed by atoms with E-state index in [2.05, 4.69) is 36.5 Å². The molecule has 6 heteroatoms. The average molecular weight is 296 g/mol. The molecule has 1 aromatic rings. The molecule has 3 N–H and O–H groups in total. The van der Waals surface area contributed by atoms with Gasteiger partial charge in [0.25, 0.3) is 0 Å². The molecular formula is C15H28N4O2. The summed E-state index contributed by atoms with van der Waals surface area (Å²) in [5.41, 5.74) is 1.79. The smallest absolute Gasteiger partial charge is 0.319 e. The molecule has 0 fully saturated rings. The fraction of sp³-hybridized carbons (Fsp3) is 0.733. The standard InChI is InChI=1S/C15H28N4O2/c1-5-12(20)7-8-16-15(21)18-13-9-17-19(10-11(3)4)14(13)6-2/h9,11-12,20H,5-8,10H2,1-4H3,(H2,16,18,21). The fourth-order valence-corrected chi connectivity index (χ4v) is 2.11. The third kappa shape index (κ3) is 5.75. The highest BCUT2D eigenvalue weighted by molar-refractivity contribution is 5.89. The number of carbonyl (C=O) groups excluding carboxylic acids is 1. The van der Waals surface area contributed by atoms with Gasteiger partial charge < -0.3 is 15.7 Å². The van der Waals surface area contributed by atoms with Gasteiger partial charge in [0.05, 0.1) is 23.7 Å². The number of amides is 2. The first-order valence-corrected chi connectivity index (χ1v) is 7.75. The predicted molar refractivity (Wildman–Crippen MR) is 84.4 cm³/mol. The van der Waals surface area contributed by atoms with Gasteiger partial charge in [-0.2, -0.15) is 5.10 Å². The molecule has 0 radical (unpaired) electrons. The molecule has 1 unspecified atom stereocenters. The van der Waals surface area contributed by atoms with Crippen LogP contribution in [-0.2, 0) is 13.0 Å². The lowest BCUT2D eigenvalue weighted by Gasteiger charge is -2.12. The minimum atomic E-state index is -0.356. The molecule has 0 spiro atoms. The van der Waals surface area contributed by atoms with Crippen molar-refractivity contribution in [2.45, 2.75) is 59.6 Å². The molecule has 0 aliphatic heterocycles. The number of aliphatic hydroxyl groups excluding tert-OH is 1. The van der Waals surface area contributed by atoms with Crippen LogP contribution in [0, 0.1) is 5.92 Å². The number of anilines is 1. The second kappa shape index (κ2) is 8.67. The average Bonchev–Trinajstić information content (AvgIpc) is 2.79. The van der Waals surface area contributed by atoms with Crippen LogP contribution in [0.5, 0.6) is 0 Å². The number of hydrogen-bond acceptors (Lipinski definition) is 3. The minimum absolute atomic E-state index is 0.253. The van der Waals surface area contributed by atoms with Crippen LogP contribution in [-0.4, -0.2) is 33.6 Å². The third-order valence-corrected chi connectivity index (χ3v) is 3.30. The lowest BCUT2D eigenvalue weighted by molar-refractivity contribution is 0.160. The molecule has 120 valence electrons. The largest absolute Gasteiger partial charge is 0.393 e. The van der Waals surface area contributed by atoms with Crippen LogP contribution in [0.1, 0.15) is 46.2 Å². The SMILES string of the molecule is CCc1c(NC(=O)NCCC(O)CC)cnn1CC(C)C. The van der Waals surface area contributed by atoms with Crippen molar-refractivity contribution >= 4 is 11.7 Å². The van der Waals surface area contributed by atoms with E-state index in [1.807, 2.05) is 11.6 Å². The van der Waals surface area contributed by atoms with E-state index in [0.29, 0.717) is 25.3 Å². The molecule has 2 amide bonds. The van der Waals surface area contributed by atoms with Crippen molar-refractivity contribution in [3.05, 3.63) is 11.9 Å². The van der Waals surface area contributed by atoms with E-state index in [4.69, 9.17) is 0 Å². The Bertz CT molecular complexity index is 443. The maximum Gasteiger partial charge on any atom is 0.319 e. The zero-order valence-electron chi connectivity index (χ0n) is 13.5. The van der Waals surface area contributed by atoms with E-state index >= 15 is 0 Å². The molecule has 0 saturated heterocycles. The van der Waals surface area contributed by atoms with E-state index in [9.17, 15) is 9.90 Å². The Hall–Kier alpha value is -1.56. The van der Waals surface area contributed by atoms with Gasteiger partial charge in [0, 0.05) is 13.1 Å². The Morgan fingerprint density at radius 3 is 2.71 bits per heavy atom. The molecule has 0 aromatic carbocycles. The van der Waals surface area contributed by atoms with Crippen LogP contribution in [0.25, 0.3) is 0 Å². The molecule has 0 saturated carbocycles. The molecular weight excluding hydrogens is 268 g/mol. The highest BCUT2D eigenvalue weighted by Gasteiger charge is 2.12. The molecule has 0 aliphatic rings. The topological polar surface area (TPSA) is 79.2 Å². The Morgan fingerprint density at radius 2 is 2.14 bits per heavy atom. The molecule has 1 aromatic heterocycles. The predicted octanol–water partition coefficient (Wildman–Crippen LogP) is 2.38. The van der Waals surface area contributed by atoms with Crippen LogP contribution >= 0.6 is 0 Å². The summed E-state index contributed by atoms with van der Waals surface area (Å²) in [6.07, 6.45) is 3.42. The van der Waals surface area contributed by atoms with E-state index in [-0.39, 0.29) is 12.1 Å². The van der Waals surface area contributed by atoms with Gasteiger partial charge in [0.15, 0.2) is 0 Å². The lowest BCUT2D eigenvalue weighted by atomic mass is 10.2. The lowest BCUT2D eigenvalue weighted by Crippen LogP contribution is -2.31. The van der Waals surface area contributed by atoms with Crippen LogP contribution in [0.15, 0.2) is 6.20 Å². The number of rotatable bonds is 8. The summed E-state index contributed by atoms with van der Waals surface area (Å²) in [6, 6.07) is -0.253. The van der Waals surface area contributed by atoms with Gasteiger partial charge in [0.1, 0.15) is 0 Å². The molecule has 0 aliphatic carbocycles. The molecule has 1 heterocycles. The Kier molecular flexibility index (Phi) is 7.22. The van der Waals surface area contributed by atoms with Crippen molar-refractivity contribution in [3.63, 3.8) is 0 Å². The number of nitrogens with one attached hydrogen (secondary N) is 2. The summed E-state index contributed by atoms with van der Waals surface area (Å²) in [5.74, 6) is 0.507. The number of urea groups is 1. The number of nitrogens with zero attached hydrogens (tertiary/aromatic N) is 2. The first-order chi connectivity index (χ1) is 9.97. The normalized spacial score (nSPS) is 12.5. The first kappa shape index (κ1) is 17.5. The summed E-state index contributed by atoms with van der Waals surface area (Å²) >= 11 is 0. The zero-order chi connectivity index (χ0) is 15.8. The van der Waals surface area contributed by atoms with Crippen LogP contribution in [0.4, 0.5) is 10.5 Å². The summed E-state index contributed by atoms with van der Waals surface area (Å²) in [4.78, 5) is 11.8. The Morgan fingerprint density at radius 1 is 1.43 bits per heavy atom. The van der Waals surface area contributed by atoms with Gasteiger partial charge in [-0.1, -0.05) is 27.7 Å². The van der Waals surface area contributed by atoms with Crippen LogP contribution < -0.4 is 10.6 Å². The van der Waals surface area contributed by atoms with Crippen molar-refractivity contribution < 1.29 is 9.90 Å². The van der Waals surface area contributed by atoms with Gasteiger partial charge in [-0.3, -0.25) is 4.68 Å². The highest BCUT2D eigenvalue weighted by Crippen LogP contribution is 2.17. The molecule has 1 atom stereocenters. The molecule has 1 rings (SSSR count). The van der Waals surface area contributed by atoms with Crippen LogP contribution in [0.2, 0.25) is 0 Å². The second-order valence-electron chi connectivity index (χ2n) is 5.67. The summed E-state index contributed by atoms with van der Waals surface area (Å²) < 4.78 is 1.95. The number of aliphatic hydroxyl groups is 1. The van der Waals surface area contributed by atoms with E-state index in [1.165, 1.54) is 0 Å². The van der Waals surface area contributed by atoms with Crippen molar-refractivity contribution in [2.24, 2.45) is 5.92 Å². The first-order valence-electron chi connectivity index (χ1n) is 7.75. The highest BCUT2D eigenvalue weighted by atomic mass is 16.3. The van der Waals surface area contributed by atoms with Gasteiger partial charge in [0.2, 0.25) is 0 Å². The maximum absolute atomic E-state index is 11.8.